The van der Waals surface area contributed by atoms with Crippen molar-refractivity contribution in [2.75, 3.05) is 0 Å². The fraction of sp³-hybridized carbons (Fsp3) is 0.800. The van der Waals surface area contributed by atoms with Gasteiger partial charge in [-0.15, -0.1) is 0 Å². The SMILES string of the molecule is SC1[CH]CCC1. The second-order valence-corrected chi connectivity index (χ2v) is 2.40. The van der Waals surface area contributed by atoms with Crippen molar-refractivity contribution in [3.05, 3.63) is 6.42 Å². The maximum absolute atomic E-state index is 4.24. The minimum Gasteiger partial charge on any atom is -0.176 e. The van der Waals surface area contributed by atoms with Gasteiger partial charge in [0, 0.05) is 5.25 Å². The fourth-order valence-corrected chi connectivity index (χ4v) is 1.09. The van der Waals surface area contributed by atoms with Gasteiger partial charge in [-0.25, -0.2) is 0 Å². The van der Waals surface area contributed by atoms with Gasteiger partial charge >= 0.3 is 0 Å². The van der Waals surface area contributed by atoms with Crippen molar-refractivity contribution < 1.29 is 0 Å². The molecule has 1 rings (SSSR count). The van der Waals surface area contributed by atoms with Gasteiger partial charge < -0.3 is 0 Å². The van der Waals surface area contributed by atoms with Crippen molar-refractivity contribution in [2.45, 2.75) is 24.5 Å². The molecule has 1 aliphatic rings. The van der Waals surface area contributed by atoms with E-state index in [0.717, 1.165) is 0 Å². The molecule has 0 aromatic heterocycles. The minimum absolute atomic E-state index is 0.616. The third-order valence-corrected chi connectivity index (χ3v) is 1.61. The quantitative estimate of drug-likeness (QED) is 0.441. The largest absolute Gasteiger partial charge is 0.176 e. The Morgan fingerprint density at radius 3 is 2.67 bits per heavy atom. The van der Waals surface area contributed by atoms with Crippen LogP contribution >= 0.6 is 12.6 Å². The molecule has 1 heteroatoms. The molecule has 0 aromatic carbocycles. The summed E-state index contributed by atoms with van der Waals surface area (Å²) < 4.78 is 0. The van der Waals surface area contributed by atoms with Crippen molar-refractivity contribution in [1.82, 2.24) is 0 Å². The van der Waals surface area contributed by atoms with Crippen molar-refractivity contribution in [2.24, 2.45) is 0 Å². The summed E-state index contributed by atoms with van der Waals surface area (Å²) in [6, 6.07) is 0. The van der Waals surface area contributed by atoms with E-state index >= 15 is 0 Å². The summed E-state index contributed by atoms with van der Waals surface area (Å²) in [6.07, 6.45) is 6.20. The van der Waals surface area contributed by atoms with Crippen molar-refractivity contribution in [3.8, 4) is 0 Å². The zero-order chi connectivity index (χ0) is 4.41. The predicted octanol–water partition coefficient (Wildman–Crippen LogP) is 1.67. The normalized spacial score (nSPS) is 25.5. The highest BCUT2D eigenvalue weighted by atomic mass is 32.1. The van der Waals surface area contributed by atoms with E-state index in [1.807, 2.05) is 0 Å². The smallest absolute Gasteiger partial charge is 0.00481 e. The molecule has 0 nitrogen and oxygen atoms in total. The Labute approximate surface area is 44.3 Å². The molecule has 0 heterocycles. The molecule has 1 unspecified atom stereocenters. The Morgan fingerprint density at radius 1 is 1.67 bits per heavy atom. The lowest BCUT2D eigenvalue weighted by Crippen LogP contribution is -1.84. The Balaban J connectivity index is 2.18. The lowest BCUT2D eigenvalue weighted by molar-refractivity contribution is 0.895. The highest BCUT2D eigenvalue weighted by Gasteiger charge is 2.08. The molecule has 1 radical (unpaired) electrons. The fourth-order valence-electron chi connectivity index (χ4n) is 0.755. The van der Waals surface area contributed by atoms with Crippen LogP contribution in [-0.2, 0) is 0 Å². The van der Waals surface area contributed by atoms with Gasteiger partial charge in [-0.1, -0.05) is 6.42 Å². The second-order valence-electron chi connectivity index (χ2n) is 1.73. The second kappa shape index (κ2) is 1.87. The van der Waals surface area contributed by atoms with E-state index in [0.29, 0.717) is 5.25 Å². The van der Waals surface area contributed by atoms with Gasteiger partial charge in [-0.05, 0) is 19.3 Å². The topological polar surface area (TPSA) is 0 Å². The molecule has 0 spiro atoms. The van der Waals surface area contributed by atoms with E-state index in [-0.39, 0.29) is 0 Å². The molecule has 0 aliphatic heterocycles. The van der Waals surface area contributed by atoms with Gasteiger partial charge in [0.2, 0.25) is 0 Å². The van der Waals surface area contributed by atoms with Crippen molar-refractivity contribution >= 4 is 12.6 Å². The minimum atomic E-state index is 0.616. The molecule has 0 saturated heterocycles. The highest BCUT2D eigenvalue weighted by molar-refractivity contribution is 7.81. The summed E-state index contributed by atoms with van der Waals surface area (Å²) in [6.45, 7) is 0. The van der Waals surface area contributed by atoms with E-state index in [1.54, 1.807) is 0 Å². The average Bonchev–Trinajstić information content (AvgIpc) is 1.86. The lowest BCUT2D eigenvalue weighted by atomic mass is 10.4. The van der Waals surface area contributed by atoms with Gasteiger partial charge in [0.25, 0.3) is 0 Å². The first-order valence-corrected chi connectivity index (χ1v) is 2.92. The van der Waals surface area contributed by atoms with E-state index in [2.05, 4.69) is 19.0 Å². The van der Waals surface area contributed by atoms with E-state index < -0.39 is 0 Å². The molecule has 1 aliphatic carbocycles. The van der Waals surface area contributed by atoms with Crippen LogP contribution in [0.25, 0.3) is 0 Å². The number of rotatable bonds is 0. The van der Waals surface area contributed by atoms with Gasteiger partial charge in [-0.2, -0.15) is 12.6 Å². The monoisotopic (exact) mass is 101 g/mol. The number of hydrogen-bond donors (Lipinski definition) is 1. The van der Waals surface area contributed by atoms with Crippen molar-refractivity contribution in [1.29, 1.82) is 0 Å². The van der Waals surface area contributed by atoms with Crippen LogP contribution < -0.4 is 0 Å². The maximum Gasteiger partial charge on any atom is 0.00481 e. The van der Waals surface area contributed by atoms with Crippen LogP contribution in [0.3, 0.4) is 0 Å². The van der Waals surface area contributed by atoms with Crippen LogP contribution in [0, 0.1) is 6.42 Å². The zero-order valence-corrected chi connectivity index (χ0v) is 4.62. The molecule has 1 saturated carbocycles. The highest BCUT2D eigenvalue weighted by Crippen LogP contribution is 2.20. The summed E-state index contributed by atoms with van der Waals surface area (Å²) in [5, 5.41) is 0.616. The van der Waals surface area contributed by atoms with Gasteiger partial charge in [0.15, 0.2) is 0 Å². The Kier molecular flexibility index (Phi) is 1.41. The Bertz CT molecular complexity index is 37.2. The van der Waals surface area contributed by atoms with Gasteiger partial charge in [0.05, 0.1) is 0 Å². The van der Waals surface area contributed by atoms with Crippen LogP contribution in [0.4, 0.5) is 0 Å². The maximum atomic E-state index is 4.24. The predicted molar refractivity (Wildman–Crippen MR) is 30.9 cm³/mol. The summed E-state index contributed by atoms with van der Waals surface area (Å²) >= 11 is 4.24. The Hall–Kier alpha value is 0.350. The molecule has 35 valence electrons. The average molecular weight is 101 g/mol. The zero-order valence-electron chi connectivity index (χ0n) is 3.72. The molecule has 0 amide bonds. The third kappa shape index (κ3) is 0.904. The Morgan fingerprint density at radius 2 is 2.50 bits per heavy atom. The third-order valence-electron chi connectivity index (χ3n) is 1.14. The molecule has 0 N–H and O–H groups in total. The summed E-state index contributed by atoms with van der Waals surface area (Å²) in [5.41, 5.74) is 0. The summed E-state index contributed by atoms with van der Waals surface area (Å²) in [7, 11) is 0. The van der Waals surface area contributed by atoms with Crippen molar-refractivity contribution in [3.63, 3.8) is 0 Å². The molecule has 6 heavy (non-hydrogen) atoms. The molecule has 0 bridgehead atoms. The van der Waals surface area contributed by atoms with Crippen LogP contribution in [0.5, 0.6) is 0 Å². The van der Waals surface area contributed by atoms with Crippen LogP contribution in [0.1, 0.15) is 19.3 Å². The summed E-state index contributed by atoms with van der Waals surface area (Å²) in [4.78, 5) is 0. The molecule has 1 atom stereocenters. The van der Waals surface area contributed by atoms with E-state index in [4.69, 9.17) is 0 Å². The summed E-state index contributed by atoms with van der Waals surface area (Å²) in [5.74, 6) is 0. The van der Waals surface area contributed by atoms with Gasteiger partial charge in [-0.3, -0.25) is 0 Å². The lowest BCUT2D eigenvalue weighted by Gasteiger charge is -1.90. The van der Waals surface area contributed by atoms with E-state index in [1.165, 1.54) is 19.3 Å². The molecule has 0 aromatic rings. The van der Waals surface area contributed by atoms with Crippen LogP contribution in [-0.4, -0.2) is 5.25 Å². The van der Waals surface area contributed by atoms with E-state index in [9.17, 15) is 0 Å². The van der Waals surface area contributed by atoms with Gasteiger partial charge in [0.1, 0.15) is 0 Å². The van der Waals surface area contributed by atoms with Crippen LogP contribution in [0.15, 0.2) is 0 Å². The first-order valence-electron chi connectivity index (χ1n) is 2.41. The first kappa shape index (κ1) is 4.51. The first-order chi connectivity index (χ1) is 2.89. The molecule has 1 fully saturated rings. The standard InChI is InChI=1S/C5H9S/c6-5-3-1-2-4-5/h3,5-6H,1-2,4H2. The van der Waals surface area contributed by atoms with Crippen LogP contribution in [0.2, 0.25) is 0 Å². The number of hydrogen-bond acceptors (Lipinski definition) is 1. The molecular formula is C5H9S. The number of thiol groups is 1. The molecular weight excluding hydrogens is 92.1 g/mol.